The van der Waals surface area contributed by atoms with Gasteiger partial charge in [-0.15, -0.1) is 0 Å². The van der Waals surface area contributed by atoms with Crippen LogP contribution in [0.5, 0.6) is 0 Å². The van der Waals surface area contributed by atoms with E-state index in [4.69, 9.17) is 4.74 Å². The van der Waals surface area contributed by atoms with Crippen LogP contribution < -0.4 is 5.32 Å². The molecule has 0 aliphatic carbocycles. The Morgan fingerprint density at radius 3 is 2.39 bits per heavy atom. The van der Waals surface area contributed by atoms with Crippen LogP contribution in [0.3, 0.4) is 0 Å². The fourth-order valence-corrected chi connectivity index (χ4v) is 2.22. The van der Waals surface area contributed by atoms with Crippen LogP contribution in [0.4, 0.5) is 0 Å². The zero-order chi connectivity index (χ0) is 14.2. The van der Waals surface area contributed by atoms with E-state index in [1.165, 1.54) is 10.6 Å². The van der Waals surface area contributed by atoms with Gasteiger partial charge in [0.25, 0.3) is 0 Å². The molecule has 0 aliphatic rings. The van der Waals surface area contributed by atoms with Gasteiger partial charge in [-0.05, 0) is 6.42 Å². The number of ether oxygens (including phenoxy) is 1. The van der Waals surface area contributed by atoms with E-state index in [9.17, 15) is 13.2 Å². The van der Waals surface area contributed by atoms with Gasteiger partial charge in [0, 0.05) is 39.3 Å². The van der Waals surface area contributed by atoms with Crippen LogP contribution >= 0.6 is 0 Å². The third kappa shape index (κ3) is 7.62. The molecular weight excluding hydrogens is 256 g/mol. The van der Waals surface area contributed by atoms with E-state index in [1.807, 2.05) is 0 Å². The molecule has 0 aromatic heterocycles. The van der Waals surface area contributed by atoms with E-state index in [2.05, 4.69) is 5.32 Å². The van der Waals surface area contributed by atoms with Crippen molar-refractivity contribution in [1.29, 1.82) is 0 Å². The van der Waals surface area contributed by atoms with Gasteiger partial charge in [-0.3, -0.25) is 4.79 Å². The highest BCUT2D eigenvalue weighted by atomic mass is 32.2. The maximum Gasteiger partial charge on any atom is 0.222 e. The molecule has 0 aliphatic heterocycles. The van der Waals surface area contributed by atoms with Crippen LogP contribution in [0.2, 0.25) is 0 Å². The van der Waals surface area contributed by atoms with Gasteiger partial charge >= 0.3 is 0 Å². The molecule has 0 unspecified atom stereocenters. The van der Waals surface area contributed by atoms with Crippen molar-refractivity contribution in [3.05, 3.63) is 0 Å². The lowest BCUT2D eigenvalue weighted by Crippen LogP contribution is -2.39. The average molecular weight is 280 g/mol. The Balaban J connectivity index is 4.14. The molecule has 7 heteroatoms. The second-order valence-corrected chi connectivity index (χ2v) is 6.44. The number of carbonyl (C=O) groups is 1. The van der Waals surface area contributed by atoms with Gasteiger partial charge < -0.3 is 10.1 Å². The number of methoxy groups -OCH3 is 1. The zero-order valence-corrected chi connectivity index (χ0v) is 12.4. The van der Waals surface area contributed by atoms with E-state index >= 15 is 0 Å². The molecule has 18 heavy (non-hydrogen) atoms. The van der Waals surface area contributed by atoms with E-state index in [0.717, 1.165) is 0 Å². The van der Waals surface area contributed by atoms with Crippen molar-refractivity contribution in [2.24, 2.45) is 5.92 Å². The monoisotopic (exact) mass is 280 g/mol. The van der Waals surface area contributed by atoms with Crippen molar-refractivity contribution in [3.63, 3.8) is 0 Å². The molecule has 0 heterocycles. The van der Waals surface area contributed by atoms with Gasteiger partial charge in [0.15, 0.2) is 0 Å². The number of amides is 1. The first kappa shape index (κ1) is 17.3. The lowest BCUT2D eigenvalue weighted by Gasteiger charge is -2.20. The predicted octanol–water partition coefficient (Wildman–Crippen LogP) is 0.0567. The Hall–Kier alpha value is -0.660. The summed E-state index contributed by atoms with van der Waals surface area (Å²) in [4.78, 5) is 11.3. The van der Waals surface area contributed by atoms with Crippen molar-refractivity contribution in [1.82, 2.24) is 9.62 Å². The molecule has 1 N–H and O–H groups in total. The molecule has 0 spiro atoms. The third-order valence-electron chi connectivity index (χ3n) is 2.41. The molecule has 108 valence electrons. The number of hydrogen-bond donors (Lipinski definition) is 1. The quantitative estimate of drug-likeness (QED) is 0.606. The van der Waals surface area contributed by atoms with Crippen LogP contribution in [0.1, 0.15) is 20.3 Å². The van der Waals surface area contributed by atoms with E-state index in [-0.39, 0.29) is 11.8 Å². The van der Waals surface area contributed by atoms with Crippen LogP contribution in [0.25, 0.3) is 0 Å². The standard InChI is InChI=1S/C11H24N2O4S/c1-10(2)11(14)12-6-8-13(18(4,15)16)7-5-9-17-3/h10H,5-9H2,1-4H3,(H,12,14). The molecule has 6 nitrogen and oxygen atoms in total. The van der Waals surface area contributed by atoms with Crippen molar-refractivity contribution < 1.29 is 17.9 Å². The summed E-state index contributed by atoms with van der Waals surface area (Å²) in [7, 11) is -1.66. The van der Waals surface area contributed by atoms with Gasteiger partial charge in [-0.2, -0.15) is 0 Å². The minimum Gasteiger partial charge on any atom is -0.385 e. The highest BCUT2D eigenvalue weighted by Crippen LogP contribution is 1.99. The summed E-state index contributed by atoms with van der Waals surface area (Å²) in [6.07, 6.45) is 1.81. The van der Waals surface area contributed by atoms with Gasteiger partial charge in [0.05, 0.1) is 6.26 Å². The number of hydrogen-bond acceptors (Lipinski definition) is 4. The molecular formula is C11H24N2O4S. The van der Waals surface area contributed by atoms with Crippen LogP contribution in [0.15, 0.2) is 0 Å². The summed E-state index contributed by atoms with van der Waals surface area (Å²) in [5.41, 5.74) is 0. The molecule has 0 aromatic carbocycles. The Morgan fingerprint density at radius 1 is 1.33 bits per heavy atom. The number of nitrogens with one attached hydrogen (secondary N) is 1. The second kappa shape index (κ2) is 8.44. The Bertz CT molecular complexity index is 341. The first-order valence-corrected chi connectivity index (χ1v) is 7.85. The first-order valence-electron chi connectivity index (χ1n) is 6.00. The number of rotatable bonds is 9. The molecule has 0 bridgehead atoms. The fraction of sp³-hybridized carbons (Fsp3) is 0.909. The summed E-state index contributed by atoms with van der Waals surface area (Å²) in [6.45, 7) is 5.14. The van der Waals surface area contributed by atoms with E-state index in [1.54, 1.807) is 21.0 Å². The second-order valence-electron chi connectivity index (χ2n) is 4.45. The van der Waals surface area contributed by atoms with E-state index in [0.29, 0.717) is 32.7 Å². The van der Waals surface area contributed by atoms with Gasteiger partial charge in [-0.1, -0.05) is 13.8 Å². The lowest BCUT2D eigenvalue weighted by atomic mass is 10.2. The molecule has 0 fully saturated rings. The van der Waals surface area contributed by atoms with E-state index < -0.39 is 10.0 Å². The summed E-state index contributed by atoms with van der Waals surface area (Å²) >= 11 is 0. The van der Waals surface area contributed by atoms with Gasteiger partial charge in [-0.25, -0.2) is 12.7 Å². The smallest absolute Gasteiger partial charge is 0.222 e. The third-order valence-corrected chi connectivity index (χ3v) is 3.71. The SMILES string of the molecule is COCCCN(CCNC(=O)C(C)C)S(C)(=O)=O. The zero-order valence-electron chi connectivity index (χ0n) is 11.6. The number of sulfonamides is 1. The highest BCUT2D eigenvalue weighted by Gasteiger charge is 2.16. The molecule has 0 aromatic rings. The summed E-state index contributed by atoms with van der Waals surface area (Å²) < 4.78 is 29.3. The molecule has 0 saturated carbocycles. The van der Waals surface area contributed by atoms with Crippen molar-refractivity contribution in [2.75, 3.05) is 39.6 Å². The molecule has 0 atom stereocenters. The largest absolute Gasteiger partial charge is 0.385 e. The van der Waals surface area contributed by atoms with Crippen LogP contribution in [-0.4, -0.2) is 58.2 Å². The number of nitrogens with zero attached hydrogens (tertiary/aromatic N) is 1. The summed E-state index contributed by atoms with van der Waals surface area (Å²) in [5, 5.41) is 2.70. The highest BCUT2D eigenvalue weighted by molar-refractivity contribution is 7.88. The van der Waals surface area contributed by atoms with Crippen molar-refractivity contribution in [3.8, 4) is 0 Å². The van der Waals surface area contributed by atoms with Crippen LogP contribution in [0, 0.1) is 5.92 Å². The minimum absolute atomic E-state index is 0.0691. The maximum absolute atomic E-state index is 11.5. The summed E-state index contributed by atoms with van der Waals surface area (Å²) in [6, 6.07) is 0. The van der Waals surface area contributed by atoms with Crippen LogP contribution in [-0.2, 0) is 19.6 Å². The van der Waals surface area contributed by atoms with Gasteiger partial charge in [0.2, 0.25) is 15.9 Å². The first-order chi connectivity index (χ1) is 8.29. The normalized spacial score (nSPS) is 12.1. The van der Waals surface area contributed by atoms with Crippen molar-refractivity contribution in [2.45, 2.75) is 20.3 Å². The predicted molar refractivity (Wildman–Crippen MR) is 70.8 cm³/mol. The Morgan fingerprint density at radius 2 is 1.94 bits per heavy atom. The summed E-state index contributed by atoms with van der Waals surface area (Å²) in [5.74, 6) is -0.162. The maximum atomic E-state index is 11.5. The lowest BCUT2D eigenvalue weighted by molar-refractivity contribution is -0.123. The molecule has 1 amide bonds. The Labute approximate surface area is 110 Å². The minimum atomic E-state index is -3.24. The van der Waals surface area contributed by atoms with Gasteiger partial charge in [0.1, 0.15) is 0 Å². The molecule has 0 radical (unpaired) electrons. The number of carbonyl (C=O) groups excluding carboxylic acids is 1. The molecule has 0 saturated heterocycles. The molecule has 0 rings (SSSR count). The Kier molecular flexibility index (Phi) is 8.13. The van der Waals surface area contributed by atoms with Crippen molar-refractivity contribution >= 4 is 15.9 Å². The topological polar surface area (TPSA) is 75.7 Å². The average Bonchev–Trinajstić information content (AvgIpc) is 2.25. The fourth-order valence-electron chi connectivity index (χ4n) is 1.34.